The summed E-state index contributed by atoms with van der Waals surface area (Å²) in [5, 5.41) is 20.4. The molecule has 9 nitrogen and oxygen atoms in total. The summed E-state index contributed by atoms with van der Waals surface area (Å²) < 4.78 is 1.65. The molecule has 4 aromatic carbocycles. The van der Waals surface area contributed by atoms with Crippen LogP contribution in [0.4, 0.5) is 5.69 Å². The molecular formula is C43H49N5O4. The summed E-state index contributed by atoms with van der Waals surface area (Å²) in [6.07, 6.45) is 4.30. The van der Waals surface area contributed by atoms with Crippen molar-refractivity contribution in [2.45, 2.75) is 78.3 Å². The van der Waals surface area contributed by atoms with E-state index in [0.717, 1.165) is 53.1 Å². The summed E-state index contributed by atoms with van der Waals surface area (Å²) in [7, 11) is 0. The number of carbonyl (C=O) groups is 3. The molecule has 0 aliphatic carbocycles. The Morgan fingerprint density at radius 3 is 2.29 bits per heavy atom. The molecule has 270 valence electrons. The number of hydrogen-bond acceptors (Lipinski definition) is 5. The van der Waals surface area contributed by atoms with Gasteiger partial charge in [0.25, 0.3) is 11.8 Å². The molecule has 1 aliphatic heterocycles. The Bertz CT molecular complexity index is 2060. The molecular weight excluding hydrogens is 651 g/mol. The topological polar surface area (TPSA) is 108 Å². The molecule has 9 heteroatoms. The van der Waals surface area contributed by atoms with Crippen molar-refractivity contribution in [2.75, 3.05) is 25.0 Å². The van der Waals surface area contributed by atoms with Gasteiger partial charge in [0.05, 0.1) is 29.8 Å². The zero-order chi connectivity index (χ0) is 36.8. The van der Waals surface area contributed by atoms with E-state index in [-0.39, 0.29) is 24.3 Å². The molecule has 2 heterocycles. The number of aliphatic hydroxyl groups is 1. The van der Waals surface area contributed by atoms with Crippen LogP contribution in [0.1, 0.15) is 95.6 Å². The first-order valence-corrected chi connectivity index (χ1v) is 18.5. The van der Waals surface area contributed by atoms with Gasteiger partial charge >= 0.3 is 0 Å². The van der Waals surface area contributed by atoms with Gasteiger partial charge in [-0.3, -0.25) is 14.4 Å². The highest BCUT2D eigenvalue weighted by molar-refractivity contribution is 6.02. The lowest BCUT2D eigenvalue weighted by Gasteiger charge is -2.36. The van der Waals surface area contributed by atoms with Crippen LogP contribution in [0.15, 0.2) is 91.0 Å². The van der Waals surface area contributed by atoms with Gasteiger partial charge in [-0.1, -0.05) is 93.4 Å². The van der Waals surface area contributed by atoms with Crippen molar-refractivity contribution in [3.8, 4) is 5.69 Å². The van der Waals surface area contributed by atoms with E-state index >= 15 is 0 Å². The Morgan fingerprint density at radius 1 is 0.885 bits per heavy atom. The molecule has 2 atom stereocenters. The summed E-state index contributed by atoms with van der Waals surface area (Å²) >= 11 is 0. The lowest BCUT2D eigenvalue weighted by molar-refractivity contribution is -0.117. The number of nitrogens with one attached hydrogen (secondary N) is 1. The number of carbonyl (C=O) groups excluding carboxylic acids is 3. The molecule has 6 rings (SSSR count). The lowest BCUT2D eigenvalue weighted by Crippen LogP contribution is -2.46. The first kappa shape index (κ1) is 36.5. The average molecular weight is 700 g/mol. The third kappa shape index (κ3) is 7.79. The van der Waals surface area contributed by atoms with Gasteiger partial charge in [-0.05, 0) is 84.8 Å². The Kier molecular flexibility index (Phi) is 11.5. The average Bonchev–Trinajstić information content (AvgIpc) is 3.57. The SMILES string of the molecule is CCCCN(CCCC)C(=O)c1cc(C)n(-c2ccc(NC(=O)C(C)c3ccc4ccccc4c3)cc2C(=O)N2Cc3ccccc3C[C@H]2CO)n1. The molecule has 0 saturated heterocycles. The van der Waals surface area contributed by atoms with Gasteiger partial charge < -0.3 is 20.2 Å². The van der Waals surface area contributed by atoms with Crippen LogP contribution in [0.25, 0.3) is 16.5 Å². The van der Waals surface area contributed by atoms with Gasteiger partial charge in [0.2, 0.25) is 5.91 Å². The number of rotatable bonds is 13. The second-order valence-corrected chi connectivity index (χ2v) is 13.9. The smallest absolute Gasteiger partial charge is 0.274 e. The van der Waals surface area contributed by atoms with Gasteiger partial charge in [0.1, 0.15) is 0 Å². The number of fused-ring (bicyclic) bond motifs is 2. The minimum atomic E-state index is -0.453. The largest absolute Gasteiger partial charge is 0.394 e. The quantitative estimate of drug-likeness (QED) is 0.131. The molecule has 0 bridgehead atoms. The van der Waals surface area contributed by atoms with Crippen LogP contribution < -0.4 is 5.32 Å². The van der Waals surface area contributed by atoms with Gasteiger partial charge in [-0.25, -0.2) is 4.68 Å². The van der Waals surface area contributed by atoms with Crippen LogP contribution in [-0.4, -0.2) is 68.1 Å². The molecule has 0 spiro atoms. The Labute approximate surface area is 306 Å². The summed E-state index contributed by atoms with van der Waals surface area (Å²) in [5.41, 5.74) is 5.32. The minimum Gasteiger partial charge on any atom is -0.394 e. The van der Waals surface area contributed by atoms with Crippen LogP contribution in [0.2, 0.25) is 0 Å². The number of unbranched alkanes of at least 4 members (excludes halogenated alkanes) is 2. The van der Waals surface area contributed by atoms with Gasteiger partial charge in [-0.2, -0.15) is 5.10 Å². The van der Waals surface area contributed by atoms with Crippen molar-refractivity contribution in [3.05, 3.63) is 125 Å². The van der Waals surface area contributed by atoms with E-state index in [1.54, 1.807) is 33.8 Å². The van der Waals surface area contributed by atoms with Crippen molar-refractivity contribution < 1.29 is 19.5 Å². The minimum absolute atomic E-state index is 0.129. The standard InChI is InChI=1S/C43H49N5O4/c1-5-7-21-46(22-8-6-2)43(52)39-23-29(3)48(45-39)40-20-19-36(44-41(50)30(4)32-18-17-31-13-9-10-14-33(31)24-32)26-38(40)42(51)47-27-35-16-12-11-15-34(35)25-37(47)28-49/h9-20,23-24,26,30,37,49H,5-8,21-22,25,27-28H2,1-4H3,(H,44,50)/t30?,37-/m0/s1. The van der Waals surface area contributed by atoms with Crippen molar-refractivity contribution in [1.29, 1.82) is 0 Å². The fourth-order valence-corrected chi connectivity index (χ4v) is 6.99. The van der Waals surface area contributed by atoms with Crippen LogP contribution in [0, 0.1) is 6.92 Å². The Hall–Kier alpha value is -5.28. The highest BCUT2D eigenvalue weighted by atomic mass is 16.3. The fourth-order valence-electron chi connectivity index (χ4n) is 6.99. The molecule has 1 aromatic heterocycles. The Balaban J connectivity index is 1.36. The third-order valence-corrected chi connectivity index (χ3v) is 10.2. The van der Waals surface area contributed by atoms with Gasteiger partial charge in [0.15, 0.2) is 5.69 Å². The van der Waals surface area contributed by atoms with E-state index in [4.69, 9.17) is 5.10 Å². The number of anilines is 1. The number of aromatic nitrogens is 2. The van der Waals surface area contributed by atoms with E-state index in [0.29, 0.717) is 54.4 Å². The van der Waals surface area contributed by atoms with E-state index in [2.05, 4.69) is 19.2 Å². The van der Waals surface area contributed by atoms with E-state index < -0.39 is 12.0 Å². The maximum absolute atomic E-state index is 14.7. The van der Waals surface area contributed by atoms with Crippen LogP contribution in [0.5, 0.6) is 0 Å². The molecule has 52 heavy (non-hydrogen) atoms. The van der Waals surface area contributed by atoms with Crippen molar-refractivity contribution in [3.63, 3.8) is 0 Å². The molecule has 1 unspecified atom stereocenters. The maximum Gasteiger partial charge on any atom is 0.274 e. The van der Waals surface area contributed by atoms with Crippen molar-refractivity contribution >= 4 is 34.2 Å². The van der Waals surface area contributed by atoms with E-state index in [9.17, 15) is 19.5 Å². The van der Waals surface area contributed by atoms with Gasteiger partial charge in [0, 0.05) is 31.0 Å². The molecule has 1 aliphatic rings. The first-order chi connectivity index (χ1) is 25.2. The molecule has 0 fully saturated rings. The zero-order valence-corrected chi connectivity index (χ0v) is 30.6. The summed E-state index contributed by atoms with van der Waals surface area (Å²) in [6.45, 7) is 9.42. The maximum atomic E-state index is 14.7. The number of amides is 3. The third-order valence-electron chi connectivity index (χ3n) is 10.2. The summed E-state index contributed by atoms with van der Waals surface area (Å²) in [5.74, 6) is -1.08. The monoisotopic (exact) mass is 699 g/mol. The number of aliphatic hydroxyl groups excluding tert-OH is 1. The van der Waals surface area contributed by atoms with Crippen molar-refractivity contribution in [1.82, 2.24) is 19.6 Å². The molecule has 2 N–H and O–H groups in total. The summed E-state index contributed by atoms with van der Waals surface area (Å²) in [6, 6.07) is 28.6. The molecule has 0 saturated carbocycles. The predicted octanol–water partition coefficient (Wildman–Crippen LogP) is 7.68. The first-order valence-electron chi connectivity index (χ1n) is 18.5. The highest BCUT2D eigenvalue weighted by Crippen LogP contribution is 2.30. The fraction of sp³-hybridized carbons (Fsp3) is 0.349. The second-order valence-electron chi connectivity index (χ2n) is 13.9. The van der Waals surface area contributed by atoms with E-state index in [1.165, 1.54) is 0 Å². The number of benzene rings is 4. The molecule has 5 aromatic rings. The van der Waals surface area contributed by atoms with Crippen LogP contribution >= 0.6 is 0 Å². The van der Waals surface area contributed by atoms with Crippen LogP contribution in [-0.2, 0) is 17.8 Å². The zero-order valence-electron chi connectivity index (χ0n) is 30.6. The van der Waals surface area contributed by atoms with Gasteiger partial charge in [-0.15, -0.1) is 0 Å². The number of hydrogen-bond donors (Lipinski definition) is 2. The van der Waals surface area contributed by atoms with Crippen LogP contribution in [0.3, 0.4) is 0 Å². The van der Waals surface area contributed by atoms with Crippen molar-refractivity contribution in [2.24, 2.45) is 0 Å². The molecule has 3 amide bonds. The second kappa shape index (κ2) is 16.4. The molecule has 0 radical (unpaired) electrons. The number of nitrogens with zero attached hydrogens (tertiary/aromatic N) is 4. The Morgan fingerprint density at radius 2 is 1.58 bits per heavy atom. The summed E-state index contributed by atoms with van der Waals surface area (Å²) in [4.78, 5) is 45.7. The van der Waals surface area contributed by atoms with E-state index in [1.807, 2.05) is 85.5 Å². The normalized spacial score (nSPS) is 14.6. The predicted molar refractivity (Wildman–Crippen MR) is 206 cm³/mol. The number of aryl methyl sites for hydroxylation is 1. The highest BCUT2D eigenvalue weighted by Gasteiger charge is 2.32. The lowest BCUT2D eigenvalue weighted by atomic mass is 9.93.